The number of ketones is 1. The molecule has 0 spiro atoms. The van der Waals surface area contributed by atoms with Crippen LogP contribution < -0.4 is 4.74 Å². The number of hydrogen-bond acceptors (Lipinski definition) is 5. The molecular weight excluding hydrogens is 428 g/mol. The zero-order valence-corrected chi connectivity index (χ0v) is 19.6. The maximum Gasteiger partial charge on any atom is 0.295 e. The number of likely N-dealkylation sites (N-methyl/N-ethyl adjacent to an activating group) is 1. The number of Topliss-reactive ketones (excluding diaryl/α,β-unsaturated/α-hetero) is 1. The minimum atomic E-state index is -0.690. The number of hydrogen-bond donors (Lipinski definition) is 1. The Bertz CT molecular complexity index is 1030. The highest BCUT2D eigenvalue weighted by molar-refractivity contribution is 6.46. The first kappa shape index (κ1) is 23.8. The molecule has 1 N–H and O–H groups in total. The van der Waals surface area contributed by atoms with Crippen LogP contribution in [0.15, 0.2) is 48.0 Å². The summed E-state index contributed by atoms with van der Waals surface area (Å²) in [6.45, 7) is 8.63. The van der Waals surface area contributed by atoms with Crippen LogP contribution in [0.1, 0.15) is 36.6 Å². The molecule has 2 aromatic rings. The number of halogens is 1. The molecule has 0 radical (unpaired) electrons. The van der Waals surface area contributed by atoms with Crippen LogP contribution >= 0.6 is 11.6 Å². The summed E-state index contributed by atoms with van der Waals surface area (Å²) in [7, 11) is 1.57. The van der Waals surface area contributed by atoms with Gasteiger partial charge in [0.25, 0.3) is 11.7 Å². The summed E-state index contributed by atoms with van der Waals surface area (Å²) >= 11 is 6.07. The number of likely N-dealkylation sites (tertiary alicyclic amines) is 1. The van der Waals surface area contributed by atoms with Crippen molar-refractivity contribution >= 4 is 29.1 Å². The van der Waals surface area contributed by atoms with E-state index in [0.717, 1.165) is 24.2 Å². The summed E-state index contributed by atoms with van der Waals surface area (Å²) in [5.74, 6) is -0.830. The molecule has 7 heteroatoms. The van der Waals surface area contributed by atoms with E-state index in [9.17, 15) is 14.7 Å². The molecule has 0 saturated carbocycles. The number of aliphatic hydroxyl groups is 1. The number of aryl methyl sites for hydroxylation is 1. The van der Waals surface area contributed by atoms with E-state index in [2.05, 4.69) is 18.7 Å². The number of benzene rings is 2. The smallest absolute Gasteiger partial charge is 0.295 e. The second-order valence-electron chi connectivity index (χ2n) is 7.75. The van der Waals surface area contributed by atoms with Crippen molar-refractivity contribution in [3.05, 3.63) is 69.8 Å². The third kappa shape index (κ3) is 4.66. The van der Waals surface area contributed by atoms with Crippen molar-refractivity contribution in [2.24, 2.45) is 0 Å². The quantitative estimate of drug-likeness (QED) is 0.361. The minimum absolute atomic E-state index is 0.0881. The van der Waals surface area contributed by atoms with Crippen molar-refractivity contribution < 1.29 is 19.4 Å². The Labute approximate surface area is 194 Å². The summed E-state index contributed by atoms with van der Waals surface area (Å²) in [5.41, 5.74) is 2.04. The average molecular weight is 457 g/mol. The van der Waals surface area contributed by atoms with Gasteiger partial charge in [0.05, 0.1) is 18.7 Å². The summed E-state index contributed by atoms with van der Waals surface area (Å²) < 4.78 is 5.24. The van der Waals surface area contributed by atoms with Gasteiger partial charge in [-0.1, -0.05) is 37.6 Å². The number of rotatable bonds is 8. The van der Waals surface area contributed by atoms with Crippen molar-refractivity contribution in [1.29, 1.82) is 0 Å². The highest BCUT2D eigenvalue weighted by Crippen LogP contribution is 2.40. The van der Waals surface area contributed by atoms with Gasteiger partial charge >= 0.3 is 0 Å². The molecular formula is C25H29ClN2O4. The van der Waals surface area contributed by atoms with Gasteiger partial charge in [0.1, 0.15) is 11.5 Å². The van der Waals surface area contributed by atoms with Gasteiger partial charge in [-0.3, -0.25) is 9.59 Å². The number of amides is 1. The number of nitrogens with zero attached hydrogens (tertiary/aromatic N) is 2. The summed E-state index contributed by atoms with van der Waals surface area (Å²) in [5, 5.41) is 11.8. The monoisotopic (exact) mass is 456 g/mol. The fraction of sp³-hybridized carbons (Fsp3) is 0.360. The number of carbonyl (C=O) groups excluding carboxylic acids is 2. The molecule has 1 unspecified atom stereocenters. The number of methoxy groups -OCH3 is 1. The molecule has 1 heterocycles. The first-order valence-corrected chi connectivity index (χ1v) is 11.1. The maximum absolute atomic E-state index is 13.1. The average Bonchev–Trinajstić information content (AvgIpc) is 3.04. The molecule has 1 amide bonds. The van der Waals surface area contributed by atoms with Crippen LogP contribution in [0, 0.1) is 6.92 Å². The van der Waals surface area contributed by atoms with E-state index in [1.165, 1.54) is 0 Å². The van der Waals surface area contributed by atoms with Crippen molar-refractivity contribution in [3.8, 4) is 5.75 Å². The van der Waals surface area contributed by atoms with Crippen LogP contribution in [0.25, 0.3) is 5.76 Å². The predicted molar refractivity (Wildman–Crippen MR) is 126 cm³/mol. The molecule has 32 heavy (non-hydrogen) atoms. The van der Waals surface area contributed by atoms with Crippen molar-refractivity contribution in [2.45, 2.75) is 26.8 Å². The number of ether oxygens (including phenoxy) is 1. The molecule has 0 aromatic heterocycles. The van der Waals surface area contributed by atoms with E-state index in [1.54, 1.807) is 54.5 Å². The topological polar surface area (TPSA) is 70.1 Å². The first-order valence-electron chi connectivity index (χ1n) is 10.7. The minimum Gasteiger partial charge on any atom is -0.507 e. The highest BCUT2D eigenvalue weighted by atomic mass is 35.5. The Morgan fingerprint density at radius 3 is 2.34 bits per heavy atom. The fourth-order valence-corrected chi connectivity index (χ4v) is 4.19. The van der Waals surface area contributed by atoms with Gasteiger partial charge in [0.2, 0.25) is 0 Å². The molecule has 3 rings (SSSR count). The Morgan fingerprint density at radius 2 is 1.78 bits per heavy atom. The molecule has 1 aliphatic heterocycles. The van der Waals surface area contributed by atoms with E-state index < -0.39 is 17.7 Å². The Hall–Kier alpha value is -2.83. The van der Waals surface area contributed by atoms with Gasteiger partial charge in [-0.05, 0) is 61.5 Å². The third-order valence-electron chi connectivity index (χ3n) is 5.97. The Balaban J connectivity index is 2.12. The summed E-state index contributed by atoms with van der Waals surface area (Å²) in [4.78, 5) is 29.9. The van der Waals surface area contributed by atoms with Crippen LogP contribution in [-0.2, 0) is 9.59 Å². The van der Waals surface area contributed by atoms with Crippen LogP contribution in [0.4, 0.5) is 0 Å². The van der Waals surface area contributed by atoms with E-state index in [1.807, 2.05) is 6.92 Å². The number of carbonyl (C=O) groups is 2. The molecule has 2 aromatic carbocycles. The molecule has 0 bridgehead atoms. The summed E-state index contributed by atoms with van der Waals surface area (Å²) in [6, 6.07) is 11.5. The predicted octanol–water partition coefficient (Wildman–Crippen LogP) is 4.42. The van der Waals surface area contributed by atoms with E-state index in [4.69, 9.17) is 16.3 Å². The van der Waals surface area contributed by atoms with Crippen molar-refractivity contribution in [2.75, 3.05) is 33.3 Å². The number of aliphatic hydroxyl groups excluding tert-OH is 1. The SMILES string of the molecule is CCN(CC)CCN1C(=O)C(=O)/C(=C(/O)c2ccc(OC)cc2C)C1c1ccc(Cl)cc1. The molecule has 0 aliphatic carbocycles. The largest absolute Gasteiger partial charge is 0.507 e. The lowest BCUT2D eigenvalue weighted by molar-refractivity contribution is -0.140. The summed E-state index contributed by atoms with van der Waals surface area (Å²) in [6.07, 6.45) is 0. The molecule has 6 nitrogen and oxygen atoms in total. The molecule has 1 saturated heterocycles. The van der Waals surface area contributed by atoms with E-state index >= 15 is 0 Å². The van der Waals surface area contributed by atoms with Gasteiger partial charge in [-0.15, -0.1) is 0 Å². The maximum atomic E-state index is 13.1. The van der Waals surface area contributed by atoms with Crippen LogP contribution in [0.2, 0.25) is 5.02 Å². The third-order valence-corrected chi connectivity index (χ3v) is 6.22. The molecule has 1 atom stereocenters. The van der Waals surface area contributed by atoms with E-state index in [-0.39, 0.29) is 11.3 Å². The lowest BCUT2D eigenvalue weighted by Crippen LogP contribution is -2.38. The molecule has 1 aliphatic rings. The zero-order chi connectivity index (χ0) is 23.4. The Morgan fingerprint density at radius 1 is 1.12 bits per heavy atom. The van der Waals surface area contributed by atoms with Gasteiger partial charge < -0.3 is 19.6 Å². The van der Waals surface area contributed by atoms with Gasteiger partial charge in [0.15, 0.2) is 0 Å². The normalized spacial score (nSPS) is 17.9. The second kappa shape index (κ2) is 10.2. The van der Waals surface area contributed by atoms with Gasteiger partial charge in [0, 0.05) is 23.7 Å². The van der Waals surface area contributed by atoms with Crippen LogP contribution in [0.3, 0.4) is 0 Å². The molecule has 170 valence electrons. The van der Waals surface area contributed by atoms with Gasteiger partial charge in [-0.2, -0.15) is 0 Å². The molecule has 1 fully saturated rings. The highest BCUT2D eigenvalue weighted by Gasteiger charge is 2.46. The van der Waals surface area contributed by atoms with Crippen LogP contribution in [0.5, 0.6) is 5.75 Å². The standard InChI is InChI=1S/C25H29ClN2O4/c1-5-27(6-2)13-14-28-22(17-7-9-18(26)10-8-17)21(24(30)25(28)31)23(29)20-12-11-19(32-4)15-16(20)3/h7-12,15,22,29H,5-6,13-14H2,1-4H3/b23-21+. The fourth-order valence-electron chi connectivity index (χ4n) is 4.07. The second-order valence-corrected chi connectivity index (χ2v) is 8.19. The van der Waals surface area contributed by atoms with Crippen molar-refractivity contribution in [3.63, 3.8) is 0 Å². The zero-order valence-electron chi connectivity index (χ0n) is 18.9. The van der Waals surface area contributed by atoms with E-state index in [0.29, 0.717) is 29.4 Å². The lowest BCUT2D eigenvalue weighted by Gasteiger charge is -2.28. The van der Waals surface area contributed by atoms with Gasteiger partial charge in [-0.25, -0.2) is 0 Å². The lowest BCUT2D eigenvalue weighted by atomic mass is 9.94. The van der Waals surface area contributed by atoms with Crippen molar-refractivity contribution in [1.82, 2.24) is 9.80 Å². The van der Waals surface area contributed by atoms with Crippen LogP contribution in [-0.4, -0.2) is 59.9 Å². The Kier molecular flexibility index (Phi) is 7.59. The first-order chi connectivity index (χ1) is 15.3.